The summed E-state index contributed by atoms with van der Waals surface area (Å²) in [6, 6.07) is 0. The van der Waals surface area contributed by atoms with Crippen molar-refractivity contribution < 1.29 is 0 Å². The summed E-state index contributed by atoms with van der Waals surface area (Å²) >= 11 is 2.07. The van der Waals surface area contributed by atoms with Crippen LogP contribution in [0.3, 0.4) is 0 Å². The Morgan fingerprint density at radius 2 is 2.14 bits per heavy atom. The topological polar surface area (TPSA) is 0 Å². The first kappa shape index (κ1) is 4.25. The Morgan fingerprint density at radius 1 is 1.43 bits per heavy atom. The van der Waals surface area contributed by atoms with Crippen LogP contribution in [0.4, 0.5) is 0 Å². The van der Waals surface area contributed by atoms with E-state index in [0.717, 1.165) is 4.75 Å². The van der Waals surface area contributed by atoms with Crippen molar-refractivity contribution in [3.8, 4) is 0 Å². The highest BCUT2D eigenvalue weighted by atomic mass is 32.2. The van der Waals surface area contributed by atoms with E-state index in [1.807, 2.05) is 0 Å². The van der Waals surface area contributed by atoms with E-state index in [9.17, 15) is 0 Å². The molecular formula is C6H9S. The molecule has 0 aromatic rings. The molecule has 1 heteroatoms. The molecule has 39 valence electrons. The van der Waals surface area contributed by atoms with Crippen molar-refractivity contribution in [3.05, 3.63) is 5.75 Å². The predicted octanol–water partition coefficient (Wildman–Crippen LogP) is 2.21. The van der Waals surface area contributed by atoms with E-state index in [0.29, 0.717) is 0 Å². The summed E-state index contributed by atoms with van der Waals surface area (Å²) < 4.78 is 0.806. The van der Waals surface area contributed by atoms with E-state index in [1.54, 1.807) is 0 Å². The Kier molecular flexibility index (Phi) is 0.724. The molecule has 2 fully saturated rings. The summed E-state index contributed by atoms with van der Waals surface area (Å²) in [5.74, 6) is 2.33. The molecule has 1 aliphatic heterocycles. The summed E-state index contributed by atoms with van der Waals surface area (Å²) in [5, 5.41) is 0. The molecule has 1 saturated carbocycles. The lowest BCUT2D eigenvalue weighted by Gasteiger charge is -2.48. The first-order valence-electron chi connectivity index (χ1n) is 2.91. The molecule has 1 radical (unpaired) electrons. The second-order valence-electron chi connectivity index (χ2n) is 2.53. The molecule has 7 heavy (non-hydrogen) atoms. The Hall–Kier alpha value is 0.350. The highest BCUT2D eigenvalue weighted by molar-refractivity contribution is 8.04. The van der Waals surface area contributed by atoms with Gasteiger partial charge in [0.1, 0.15) is 0 Å². The monoisotopic (exact) mass is 113 g/mol. The van der Waals surface area contributed by atoms with Gasteiger partial charge in [-0.25, -0.2) is 0 Å². The van der Waals surface area contributed by atoms with Crippen molar-refractivity contribution in [1.82, 2.24) is 0 Å². The van der Waals surface area contributed by atoms with Gasteiger partial charge >= 0.3 is 0 Å². The van der Waals surface area contributed by atoms with Crippen LogP contribution < -0.4 is 0 Å². The third-order valence-electron chi connectivity index (χ3n) is 2.05. The van der Waals surface area contributed by atoms with Crippen molar-refractivity contribution >= 4 is 11.8 Å². The number of hydrogen-bond donors (Lipinski definition) is 0. The van der Waals surface area contributed by atoms with E-state index in [1.165, 1.54) is 25.7 Å². The van der Waals surface area contributed by atoms with Gasteiger partial charge < -0.3 is 0 Å². The molecule has 2 rings (SSSR count). The molecule has 0 aromatic carbocycles. The fraction of sp³-hybridized carbons (Fsp3) is 0.833. The minimum absolute atomic E-state index is 0.806. The fourth-order valence-electron chi connectivity index (χ4n) is 1.21. The molecule has 1 aliphatic carbocycles. The number of rotatable bonds is 0. The average Bonchev–Trinajstić information content (AvgIpc) is 1.20. The minimum Gasteiger partial charge on any atom is -0.150 e. The van der Waals surface area contributed by atoms with Gasteiger partial charge in [-0.05, 0) is 19.3 Å². The van der Waals surface area contributed by atoms with Gasteiger partial charge in [0, 0.05) is 10.5 Å². The van der Waals surface area contributed by atoms with Gasteiger partial charge in [-0.3, -0.25) is 0 Å². The van der Waals surface area contributed by atoms with Gasteiger partial charge in [-0.2, -0.15) is 11.8 Å². The van der Waals surface area contributed by atoms with Crippen LogP contribution in [0.1, 0.15) is 25.7 Å². The van der Waals surface area contributed by atoms with E-state index in [2.05, 4.69) is 17.5 Å². The lowest BCUT2D eigenvalue weighted by atomic mass is 9.81. The Balaban J connectivity index is 2.00. The number of thioether (sulfide) groups is 1. The predicted molar refractivity (Wildman–Crippen MR) is 33.1 cm³/mol. The molecule has 1 saturated heterocycles. The van der Waals surface area contributed by atoms with Gasteiger partial charge in [0.05, 0.1) is 0 Å². The summed E-state index contributed by atoms with van der Waals surface area (Å²) in [5.41, 5.74) is 0. The molecule has 0 aromatic heterocycles. The molecule has 0 amide bonds. The van der Waals surface area contributed by atoms with Crippen LogP contribution in [0, 0.1) is 5.75 Å². The molecule has 0 nitrogen and oxygen atoms in total. The van der Waals surface area contributed by atoms with Gasteiger partial charge in [0.15, 0.2) is 0 Å². The van der Waals surface area contributed by atoms with Crippen molar-refractivity contribution in [1.29, 1.82) is 0 Å². The summed E-state index contributed by atoms with van der Waals surface area (Å²) in [7, 11) is 0. The highest BCUT2D eigenvalue weighted by Gasteiger charge is 2.42. The van der Waals surface area contributed by atoms with E-state index < -0.39 is 0 Å². The van der Waals surface area contributed by atoms with E-state index in [4.69, 9.17) is 0 Å². The SMILES string of the molecule is [CH]1CC2(CCC2)S1. The normalized spacial score (nSPS) is 34.3. The van der Waals surface area contributed by atoms with Crippen molar-refractivity contribution in [2.24, 2.45) is 0 Å². The van der Waals surface area contributed by atoms with Crippen LogP contribution in [-0.4, -0.2) is 4.75 Å². The van der Waals surface area contributed by atoms with E-state index >= 15 is 0 Å². The summed E-state index contributed by atoms with van der Waals surface area (Å²) in [6.07, 6.45) is 5.88. The quantitative estimate of drug-likeness (QED) is 0.464. The first-order valence-corrected chi connectivity index (χ1v) is 3.79. The molecule has 1 heterocycles. The highest BCUT2D eigenvalue weighted by Crippen LogP contribution is 2.56. The first-order chi connectivity index (χ1) is 3.41. The lowest BCUT2D eigenvalue weighted by Crippen LogP contribution is -2.38. The van der Waals surface area contributed by atoms with Crippen LogP contribution in [0.25, 0.3) is 0 Å². The number of hydrogen-bond acceptors (Lipinski definition) is 1. The largest absolute Gasteiger partial charge is 0.150 e. The zero-order valence-electron chi connectivity index (χ0n) is 4.31. The van der Waals surface area contributed by atoms with Crippen molar-refractivity contribution in [2.75, 3.05) is 0 Å². The maximum absolute atomic E-state index is 2.33. The Labute approximate surface area is 48.7 Å². The van der Waals surface area contributed by atoms with Crippen molar-refractivity contribution in [2.45, 2.75) is 30.4 Å². The second-order valence-corrected chi connectivity index (χ2v) is 3.96. The minimum atomic E-state index is 0.806. The maximum atomic E-state index is 2.33. The smallest absolute Gasteiger partial charge is 0.0186 e. The van der Waals surface area contributed by atoms with Gasteiger partial charge in [0.2, 0.25) is 0 Å². The van der Waals surface area contributed by atoms with Crippen LogP contribution in [0.2, 0.25) is 0 Å². The fourth-order valence-corrected chi connectivity index (χ4v) is 2.37. The van der Waals surface area contributed by atoms with Crippen LogP contribution in [0.5, 0.6) is 0 Å². The maximum Gasteiger partial charge on any atom is 0.0186 e. The Bertz CT molecular complexity index is 64.7. The lowest BCUT2D eigenvalue weighted by molar-refractivity contribution is 0.347. The van der Waals surface area contributed by atoms with Gasteiger partial charge in [-0.15, -0.1) is 0 Å². The summed E-state index contributed by atoms with van der Waals surface area (Å²) in [4.78, 5) is 0. The third-order valence-corrected chi connectivity index (χ3v) is 3.46. The average molecular weight is 113 g/mol. The van der Waals surface area contributed by atoms with Crippen molar-refractivity contribution in [3.63, 3.8) is 0 Å². The summed E-state index contributed by atoms with van der Waals surface area (Å²) in [6.45, 7) is 0. The molecule has 0 unspecified atom stereocenters. The standard InChI is InChI=1S/C6H9S/c1-2-6(3-1)4-5-7-6/h5H,1-4H2. The Morgan fingerprint density at radius 3 is 2.14 bits per heavy atom. The molecule has 2 aliphatic rings. The van der Waals surface area contributed by atoms with Crippen LogP contribution in [-0.2, 0) is 0 Å². The molecule has 0 atom stereocenters. The zero-order valence-corrected chi connectivity index (χ0v) is 5.13. The molecule has 1 spiro atoms. The molecule has 0 bridgehead atoms. The van der Waals surface area contributed by atoms with Gasteiger partial charge in [0.25, 0.3) is 0 Å². The van der Waals surface area contributed by atoms with E-state index in [-0.39, 0.29) is 0 Å². The molecular weight excluding hydrogens is 104 g/mol. The van der Waals surface area contributed by atoms with Gasteiger partial charge in [-0.1, -0.05) is 6.42 Å². The molecule has 0 N–H and O–H groups in total. The zero-order chi connectivity index (χ0) is 4.74. The van der Waals surface area contributed by atoms with Crippen LogP contribution >= 0.6 is 11.8 Å². The third kappa shape index (κ3) is 0.449. The second kappa shape index (κ2) is 1.19. The van der Waals surface area contributed by atoms with Crippen LogP contribution in [0.15, 0.2) is 0 Å².